The summed E-state index contributed by atoms with van der Waals surface area (Å²) in [6.07, 6.45) is 0. The van der Waals surface area contributed by atoms with E-state index in [0.29, 0.717) is 18.5 Å². The molecule has 0 aromatic heterocycles. The molecule has 0 saturated heterocycles. The number of hydrogen-bond donors (Lipinski definition) is 2. The summed E-state index contributed by atoms with van der Waals surface area (Å²) < 4.78 is 5.33. The van der Waals surface area contributed by atoms with Crippen molar-refractivity contribution in [3.8, 4) is 5.75 Å². The molecule has 3 nitrogen and oxygen atoms in total. The molecule has 1 aromatic rings. The van der Waals surface area contributed by atoms with E-state index >= 15 is 0 Å². The van der Waals surface area contributed by atoms with Crippen LogP contribution in [-0.4, -0.2) is 19.7 Å². The van der Waals surface area contributed by atoms with E-state index in [1.807, 2.05) is 6.07 Å². The lowest BCUT2D eigenvalue weighted by Gasteiger charge is -2.21. The van der Waals surface area contributed by atoms with Gasteiger partial charge in [0.25, 0.3) is 0 Å². The summed E-state index contributed by atoms with van der Waals surface area (Å²) in [4.78, 5) is 0. The van der Waals surface area contributed by atoms with Gasteiger partial charge in [-0.2, -0.15) is 0 Å². The Hall–Kier alpha value is -1.06. The van der Waals surface area contributed by atoms with Crippen molar-refractivity contribution in [3.05, 3.63) is 28.8 Å². The Labute approximate surface area is 111 Å². The van der Waals surface area contributed by atoms with Crippen LogP contribution in [0.25, 0.3) is 0 Å². The highest BCUT2D eigenvalue weighted by atomic mass is 16.5. The molecule has 1 unspecified atom stereocenters. The number of benzene rings is 1. The molecule has 0 spiro atoms. The van der Waals surface area contributed by atoms with Crippen LogP contribution < -0.4 is 15.8 Å². The predicted octanol–water partition coefficient (Wildman–Crippen LogP) is 2.38. The molecule has 0 aliphatic heterocycles. The normalized spacial score (nSPS) is 12.8. The number of hydrogen-bond acceptors (Lipinski definition) is 3. The van der Waals surface area contributed by atoms with E-state index in [9.17, 15) is 0 Å². The number of ether oxygens (including phenoxy) is 1. The smallest absolute Gasteiger partial charge is 0.122 e. The molecule has 18 heavy (non-hydrogen) atoms. The fourth-order valence-electron chi connectivity index (χ4n) is 2.10. The van der Waals surface area contributed by atoms with Crippen molar-refractivity contribution in [3.63, 3.8) is 0 Å². The average Bonchev–Trinajstić information content (AvgIpc) is 2.34. The summed E-state index contributed by atoms with van der Waals surface area (Å²) in [7, 11) is 1.71. The number of methoxy groups -OCH3 is 1. The molecule has 0 radical (unpaired) electrons. The summed E-state index contributed by atoms with van der Waals surface area (Å²) in [5.41, 5.74) is 9.59. The molecular formula is C15H26N2O. The first-order valence-electron chi connectivity index (χ1n) is 6.57. The van der Waals surface area contributed by atoms with Gasteiger partial charge in [-0.1, -0.05) is 19.9 Å². The standard InChI is InChI=1S/C15H26N2O/c1-10(2)14(8-16)17-9-13-6-7-15(18-5)12(4)11(13)3/h6-7,10,14,17H,8-9,16H2,1-5H3. The lowest BCUT2D eigenvalue weighted by atomic mass is 10.0. The highest BCUT2D eigenvalue weighted by Gasteiger charge is 2.12. The molecule has 102 valence electrons. The van der Waals surface area contributed by atoms with Gasteiger partial charge in [0.15, 0.2) is 0 Å². The zero-order chi connectivity index (χ0) is 13.7. The molecule has 3 N–H and O–H groups in total. The second-order valence-corrected chi connectivity index (χ2v) is 5.14. The maximum Gasteiger partial charge on any atom is 0.122 e. The third-order valence-corrected chi connectivity index (χ3v) is 3.68. The van der Waals surface area contributed by atoms with E-state index in [0.717, 1.165) is 12.3 Å². The molecule has 3 heteroatoms. The first kappa shape index (κ1) is 15.0. The van der Waals surface area contributed by atoms with Crippen LogP contribution in [0.15, 0.2) is 12.1 Å². The van der Waals surface area contributed by atoms with Crippen molar-refractivity contribution >= 4 is 0 Å². The Kier molecular flexibility index (Phi) is 5.63. The molecule has 0 heterocycles. The molecule has 1 atom stereocenters. The molecule has 0 bridgehead atoms. The molecule has 0 fully saturated rings. The van der Waals surface area contributed by atoms with Crippen LogP contribution >= 0.6 is 0 Å². The van der Waals surface area contributed by atoms with Gasteiger partial charge in [0, 0.05) is 19.1 Å². The molecule has 0 aliphatic rings. The van der Waals surface area contributed by atoms with Crippen LogP contribution in [0.2, 0.25) is 0 Å². The largest absolute Gasteiger partial charge is 0.496 e. The average molecular weight is 250 g/mol. The van der Waals surface area contributed by atoms with Gasteiger partial charge in [-0.05, 0) is 42.5 Å². The third-order valence-electron chi connectivity index (χ3n) is 3.68. The fraction of sp³-hybridized carbons (Fsp3) is 0.600. The minimum atomic E-state index is 0.367. The Morgan fingerprint density at radius 2 is 1.89 bits per heavy atom. The summed E-state index contributed by atoms with van der Waals surface area (Å²) >= 11 is 0. The maximum atomic E-state index is 5.77. The quantitative estimate of drug-likeness (QED) is 0.815. The van der Waals surface area contributed by atoms with Crippen molar-refractivity contribution in [1.29, 1.82) is 0 Å². The minimum absolute atomic E-state index is 0.367. The van der Waals surface area contributed by atoms with Gasteiger partial charge in [0.1, 0.15) is 5.75 Å². The van der Waals surface area contributed by atoms with Crippen molar-refractivity contribution < 1.29 is 4.74 Å². The van der Waals surface area contributed by atoms with Crippen molar-refractivity contribution in [2.24, 2.45) is 11.7 Å². The first-order valence-corrected chi connectivity index (χ1v) is 6.57. The van der Waals surface area contributed by atoms with E-state index in [2.05, 4.69) is 39.1 Å². The van der Waals surface area contributed by atoms with Crippen LogP contribution in [0.5, 0.6) is 5.75 Å². The lowest BCUT2D eigenvalue weighted by Crippen LogP contribution is -2.39. The SMILES string of the molecule is COc1ccc(CNC(CN)C(C)C)c(C)c1C. The maximum absolute atomic E-state index is 5.77. The number of rotatable bonds is 6. The predicted molar refractivity (Wildman–Crippen MR) is 77.0 cm³/mol. The van der Waals surface area contributed by atoms with Crippen molar-refractivity contribution in [1.82, 2.24) is 5.32 Å². The van der Waals surface area contributed by atoms with E-state index in [-0.39, 0.29) is 0 Å². The Balaban J connectivity index is 2.77. The van der Waals surface area contributed by atoms with Gasteiger partial charge in [-0.15, -0.1) is 0 Å². The molecule has 1 rings (SSSR count). The molecule has 0 amide bonds. The van der Waals surface area contributed by atoms with Gasteiger partial charge in [-0.25, -0.2) is 0 Å². The van der Waals surface area contributed by atoms with Crippen LogP contribution in [0.1, 0.15) is 30.5 Å². The van der Waals surface area contributed by atoms with Crippen molar-refractivity contribution in [2.45, 2.75) is 40.3 Å². The molecule has 1 aromatic carbocycles. The van der Waals surface area contributed by atoms with Crippen LogP contribution in [0.3, 0.4) is 0 Å². The Bertz CT molecular complexity index is 388. The Morgan fingerprint density at radius 3 is 2.39 bits per heavy atom. The third kappa shape index (κ3) is 3.47. The summed E-state index contributed by atoms with van der Waals surface area (Å²) in [5, 5.41) is 3.52. The monoisotopic (exact) mass is 250 g/mol. The van der Waals surface area contributed by atoms with Crippen LogP contribution in [0, 0.1) is 19.8 Å². The molecule has 0 aliphatic carbocycles. The van der Waals surface area contributed by atoms with Gasteiger partial charge in [0.2, 0.25) is 0 Å². The van der Waals surface area contributed by atoms with Crippen LogP contribution in [0.4, 0.5) is 0 Å². The van der Waals surface area contributed by atoms with E-state index in [1.165, 1.54) is 16.7 Å². The van der Waals surface area contributed by atoms with Gasteiger partial charge < -0.3 is 15.8 Å². The number of nitrogens with one attached hydrogen (secondary N) is 1. The lowest BCUT2D eigenvalue weighted by molar-refractivity contribution is 0.402. The second-order valence-electron chi connectivity index (χ2n) is 5.14. The van der Waals surface area contributed by atoms with E-state index in [1.54, 1.807) is 7.11 Å². The first-order chi connectivity index (χ1) is 8.51. The van der Waals surface area contributed by atoms with Gasteiger partial charge in [0.05, 0.1) is 7.11 Å². The topological polar surface area (TPSA) is 47.3 Å². The van der Waals surface area contributed by atoms with Crippen molar-refractivity contribution in [2.75, 3.05) is 13.7 Å². The fourth-order valence-corrected chi connectivity index (χ4v) is 2.10. The summed E-state index contributed by atoms with van der Waals surface area (Å²) in [5.74, 6) is 1.50. The summed E-state index contributed by atoms with van der Waals surface area (Å²) in [6.45, 7) is 10.2. The minimum Gasteiger partial charge on any atom is -0.496 e. The van der Waals surface area contributed by atoms with Crippen LogP contribution in [-0.2, 0) is 6.54 Å². The zero-order valence-corrected chi connectivity index (χ0v) is 12.2. The van der Waals surface area contributed by atoms with E-state index in [4.69, 9.17) is 10.5 Å². The van der Waals surface area contributed by atoms with Gasteiger partial charge >= 0.3 is 0 Å². The molecular weight excluding hydrogens is 224 g/mol. The Morgan fingerprint density at radius 1 is 1.22 bits per heavy atom. The highest BCUT2D eigenvalue weighted by molar-refractivity contribution is 5.43. The number of nitrogens with two attached hydrogens (primary N) is 1. The van der Waals surface area contributed by atoms with E-state index < -0.39 is 0 Å². The highest BCUT2D eigenvalue weighted by Crippen LogP contribution is 2.23. The zero-order valence-electron chi connectivity index (χ0n) is 12.2. The second kappa shape index (κ2) is 6.76. The van der Waals surface area contributed by atoms with Gasteiger partial charge in [-0.3, -0.25) is 0 Å². The summed E-state index contributed by atoms with van der Waals surface area (Å²) in [6, 6.07) is 4.53. The molecule has 0 saturated carbocycles.